The molecule has 3 rings (SSSR count). The van der Waals surface area contributed by atoms with Gasteiger partial charge in [-0.2, -0.15) is 0 Å². The van der Waals surface area contributed by atoms with Crippen LogP contribution in [0.3, 0.4) is 0 Å². The molecule has 110 valence electrons. The first-order chi connectivity index (χ1) is 10.6. The van der Waals surface area contributed by atoms with Gasteiger partial charge >= 0.3 is 0 Å². The molecule has 0 amide bonds. The maximum Gasteiger partial charge on any atom is 0.221 e. The lowest BCUT2D eigenvalue weighted by molar-refractivity contribution is 0.102. The van der Waals surface area contributed by atoms with Crippen molar-refractivity contribution in [2.45, 2.75) is 19.8 Å². The minimum atomic E-state index is -0.121. The molecular weight excluding hydrogens is 272 g/mol. The van der Waals surface area contributed by atoms with Gasteiger partial charge in [0.15, 0.2) is 5.76 Å². The summed E-state index contributed by atoms with van der Waals surface area (Å²) < 4.78 is 5.57. The first kappa shape index (κ1) is 14.3. The van der Waals surface area contributed by atoms with Crippen LogP contribution in [-0.4, -0.2) is 5.78 Å². The van der Waals surface area contributed by atoms with Gasteiger partial charge < -0.3 is 4.42 Å². The van der Waals surface area contributed by atoms with Crippen molar-refractivity contribution in [3.05, 3.63) is 77.6 Å². The molecule has 0 spiro atoms. The van der Waals surface area contributed by atoms with Crippen molar-refractivity contribution >= 4 is 22.8 Å². The first-order valence-corrected chi connectivity index (χ1v) is 7.44. The van der Waals surface area contributed by atoms with Crippen LogP contribution in [0.25, 0.3) is 17.0 Å². The summed E-state index contributed by atoms with van der Waals surface area (Å²) in [5.74, 6) is 0.760. The molecule has 1 heterocycles. The zero-order valence-electron chi connectivity index (χ0n) is 12.7. The van der Waals surface area contributed by atoms with Gasteiger partial charge in [0.1, 0.15) is 5.58 Å². The third kappa shape index (κ3) is 3.01. The lowest BCUT2D eigenvalue weighted by Crippen LogP contribution is -1.90. The molecular formula is C20H18O2. The second-order valence-electron chi connectivity index (χ2n) is 5.67. The maximum absolute atomic E-state index is 12.2. The van der Waals surface area contributed by atoms with Crippen LogP contribution in [0.4, 0.5) is 0 Å². The third-order valence-electron chi connectivity index (χ3n) is 3.70. The summed E-state index contributed by atoms with van der Waals surface area (Å²) >= 11 is 0. The zero-order valence-corrected chi connectivity index (χ0v) is 12.7. The van der Waals surface area contributed by atoms with E-state index in [1.807, 2.05) is 42.5 Å². The highest BCUT2D eigenvalue weighted by Crippen LogP contribution is 2.20. The Morgan fingerprint density at radius 2 is 1.77 bits per heavy atom. The molecule has 0 saturated heterocycles. The molecule has 2 nitrogen and oxygen atoms in total. The van der Waals surface area contributed by atoms with Crippen molar-refractivity contribution in [1.82, 2.24) is 0 Å². The largest absolute Gasteiger partial charge is 0.453 e. The fourth-order valence-electron chi connectivity index (χ4n) is 2.35. The average molecular weight is 290 g/mol. The second-order valence-corrected chi connectivity index (χ2v) is 5.67. The summed E-state index contributed by atoms with van der Waals surface area (Å²) in [7, 11) is 0. The molecule has 0 aliphatic heterocycles. The van der Waals surface area contributed by atoms with Gasteiger partial charge in [0.05, 0.1) is 0 Å². The summed E-state index contributed by atoms with van der Waals surface area (Å²) in [6.07, 6.45) is 3.38. The SMILES string of the molecule is CC(C)c1ccc(/C=C/C(=O)c2cc3ccccc3o2)cc1. The van der Waals surface area contributed by atoms with Crippen molar-refractivity contribution in [1.29, 1.82) is 0 Å². The van der Waals surface area contributed by atoms with Crippen molar-refractivity contribution in [2.24, 2.45) is 0 Å². The van der Waals surface area contributed by atoms with Crippen molar-refractivity contribution < 1.29 is 9.21 Å². The number of fused-ring (bicyclic) bond motifs is 1. The van der Waals surface area contributed by atoms with Crippen LogP contribution in [0.1, 0.15) is 41.4 Å². The Hall–Kier alpha value is -2.61. The van der Waals surface area contributed by atoms with Gasteiger partial charge in [0.25, 0.3) is 0 Å². The summed E-state index contributed by atoms with van der Waals surface area (Å²) in [5, 5.41) is 0.945. The molecule has 0 unspecified atom stereocenters. The molecule has 0 N–H and O–H groups in total. The van der Waals surface area contributed by atoms with Crippen LogP contribution in [-0.2, 0) is 0 Å². The topological polar surface area (TPSA) is 30.2 Å². The fourth-order valence-corrected chi connectivity index (χ4v) is 2.35. The number of benzene rings is 2. The van der Waals surface area contributed by atoms with E-state index < -0.39 is 0 Å². The monoisotopic (exact) mass is 290 g/mol. The van der Waals surface area contributed by atoms with Crippen LogP contribution in [0.15, 0.2) is 65.1 Å². The molecule has 3 aromatic rings. The summed E-state index contributed by atoms with van der Waals surface area (Å²) in [6.45, 7) is 4.33. The fraction of sp³-hybridized carbons (Fsp3) is 0.150. The van der Waals surface area contributed by atoms with Crippen LogP contribution in [0.2, 0.25) is 0 Å². The Labute approximate surface area is 130 Å². The number of rotatable bonds is 4. The van der Waals surface area contributed by atoms with Gasteiger partial charge in [-0.3, -0.25) is 4.79 Å². The van der Waals surface area contributed by atoms with Crippen LogP contribution in [0, 0.1) is 0 Å². The van der Waals surface area contributed by atoms with E-state index in [-0.39, 0.29) is 5.78 Å². The number of allylic oxidation sites excluding steroid dienone is 1. The predicted molar refractivity (Wildman–Crippen MR) is 90.1 cm³/mol. The summed E-state index contributed by atoms with van der Waals surface area (Å²) in [6, 6.07) is 17.6. The van der Waals surface area contributed by atoms with Crippen LogP contribution < -0.4 is 0 Å². The van der Waals surface area contributed by atoms with Gasteiger partial charge in [0.2, 0.25) is 5.78 Å². The predicted octanol–water partition coefficient (Wildman–Crippen LogP) is 5.45. The highest BCUT2D eigenvalue weighted by Gasteiger charge is 2.08. The Bertz CT molecular complexity index is 787. The minimum absolute atomic E-state index is 0.121. The minimum Gasteiger partial charge on any atom is -0.453 e. The van der Waals surface area contributed by atoms with E-state index in [4.69, 9.17) is 4.42 Å². The number of ketones is 1. The number of para-hydroxylation sites is 1. The van der Waals surface area contributed by atoms with Crippen LogP contribution >= 0.6 is 0 Å². The molecule has 0 saturated carbocycles. The van der Waals surface area contributed by atoms with Crippen molar-refractivity contribution in [2.75, 3.05) is 0 Å². The van der Waals surface area contributed by atoms with E-state index >= 15 is 0 Å². The molecule has 0 radical (unpaired) electrons. The van der Waals surface area contributed by atoms with Crippen molar-refractivity contribution in [3.63, 3.8) is 0 Å². The van der Waals surface area contributed by atoms with E-state index in [1.165, 1.54) is 5.56 Å². The van der Waals surface area contributed by atoms with E-state index in [0.29, 0.717) is 11.7 Å². The Morgan fingerprint density at radius 1 is 1.05 bits per heavy atom. The third-order valence-corrected chi connectivity index (χ3v) is 3.70. The molecule has 0 aliphatic carbocycles. The standard InChI is InChI=1S/C20H18O2/c1-14(2)16-10-7-15(8-11-16)9-12-18(21)20-13-17-5-3-4-6-19(17)22-20/h3-14H,1-2H3/b12-9+. The number of furan rings is 1. The van der Waals surface area contributed by atoms with Gasteiger partial charge in [0, 0.05) is 5.39 Å². The Balaban J connectivity index is 1.78. The van der Waals surface area contributed by atoms with Gasteiger partial charge in [-0.15, -0.1) is 0 Å². The normalized spacial score (nSPS) is 11.6. The van der Waals surface area contributed by atoms with Gasteiger partial charge in [-0.25, -0.2) is 0 Å². The Morgan fingerprint density at radius 3 is 2.45 bits per heavy atom. The molecule has 0 atom stereocenters. The molecule has 1 aromatic heterocycles. The van der Waals surface area contributed by atoms with Crippen molar-refractivity contribution in [3.8, 4) is 0 Å². The van der Waals surface area contributed by atoms with E-state index in [1.54, 1.807) is 12.1 Å². The molecule has 2 heteroatoms. The van der Waals surface area contributed by atoms with Gasteiger partial charge in [-0.05, 0) is 35.3 Å². The first-order valence-electron chi connectivity index (χ1n) is 7.44. The summed E-state index contributed by atoms with van der Waals surface area (Å²) in [4.78, 5) is 12.2. The number of hydrogen-bond donors (Lipinski definition) is 0. The number of carbonyl (C=O) groups excluding carboxylic acids is 1. The average Bonchev–Trinajstić information content (AvgIpc) is 2.97. The molecule has 0 fully saturated rings. The lowest BCUT2D eigenvalue weighted by Gasteiger charge is -2.04. The van der Waals surface area contributed by atoms with Gasteiger partial charge in [-0.1, -0.05) is 62.4 Å². The maximum atomic E-state index is 12.2. The van der Waals surface area contributed by atoms with E-state index in [9.17, 15) is 4.79 Å². The molecule has 0 aliphatic rings. The smallest absolute Gasteiger partial charge is 0.221 e. The Kier molecular flexibility index (Phi) is 3.92. The van der Waals surface area contributed by atoms with Crippen LogP contribution in [0.5, 0.6) is 0 Å². The molecule has 22 heavy (non-hydrogen) atoms. The highest BCUT2D eigenvalue weighted by atomic mass is 16.3. The second kappa shape index (κ2) is 6.02. The quantitative estimate of drug-likeness (QED) is 0.472. The number of carbonyl (C=O) groups is 1. The molecule has 0 bridgehead atoms. The zero-order chi connectivity index (χ0) is 15.5. The molecule has 2 aromatic carbocycles. The van der Waals surface area contributed by atoms with E-state index in [0.717, 1.165) is 16.5 Å². The van der Waals surface area contributed by atoms with E-state index in [2.05, 4.69) is 26.0 Å². The lowest BCUT2D eigenvalue weighted by atomic mass is 10.0. The number of hydrogen-bond acceptors (Lipinski definition) is 2. The summed E-state index contributed by atoms with van der Waals surface area (Å²) in [5.41, 5.74) is 3.04. The highest BCUT2D eigenvalue weighted by molar-refractivity contribution is 6.06.